The monoisotopic (exact) mass is 249 g/mol. The van der Waals surface area contributed by atoms with E-state index in [9.17, 15) is 0 Å². The topological polar surface area (TPSA) is 0 Å². The van der Waals surface area contributed by atoms with Gasteiger partial charge in [-0.1, -0.05) is 53.0 Å². The van der Waals surface area contributed by atoms with Crippen LogP contribution in [0.4, 0.5) is 0 Å². The molecule has 16 heavy (non-hydrogen) atoms. The average Bonchev–Trinajstić information content (AvgIpc) is 2.20. The van der Waals surface area contributed by atoms with Crippen LogP contribution in [0.3, 0.4) is 0 Å². The van der Waals surface area contributed by atoms with Crippen molar-refractivity contribution in [2.75, 3.05) is 0 Å². The van der Waals surface area contributed by atoms with Crippen LogP contribution in [0.15, 0.2) is 36.4 Å². The van der Waals surface area contributed by atoms with Gasteiger partial charge in [-0.2, -0.15) is 0 Å². The Kier molecular flexibility index (Phi) is 3.52. The Morgan fingerprint density at radius 3 is 2.06 bits per heavy atom. The van der Waals surface area contributed by atoms with E-state index in [1.165, 1.54) is 11.1 Å². The summed E-state index contributed by atoms with van der Waals surface area (Å²) in [6.45, 7) is 2.08. The van der Waals surface area contributed by atoms with E-state index < -0.39 is 0 Å². The molecule has 2 aromatic rings. The first-order chi connectivity index (χ1) is 7.63. The predicted octanol–water partition coefficient (Wildman–Crippen LogP) is 4.69. The Bertz CT molecular complexity index is 466. The molecule has 0 atom stereocenters. The summed E-state index contributed by atoms with van der Waals surface area (Å²) >= 11 is 11.8. The van der Waals surface area contributed by atoms with Crippen LogP contribution in [0.25, 0.3) is 0 Å². The summed E-state index contributed by atoms with van der Waals surface area (Å²) in [4.78, 5) is 0. The highest BCUT2D eigenvalue weighted by Crippen LogP contribution is 2.20. The van der Waals surface area contributed by atoms with Crippen LogP contribution in [0, 0.1) is 13.0 Å². The summed E-state index contributed by atoms with van der Waals surface area (Å²) < 4.78 is 0. The summed E-state index contributed by atoms with van der Waals surface area (Å²) in [5.74, 6) is 0. The van der Waals surface area contributed by atoms with Crippen LogP contribution in [0.2, 0.25) is 10.0 Å². The summed E-state index contributed by atoms with van der Waals surface area (Å²) in [5, 5.41) is 1.13. The van der Waals surface area contributed by atoms with Gasteiger partial charge in [-0.05, 0) is 36.6 Å². The molecule has 2 rings (SSSR count). The van der Waals surface area contributed by atoms with Gasteiger partial charge in [0.05, 0.1) is 10.0 Å². The van der Waals surface area contributed by atoms with E-state index in [0.29, 0.717) is 10.0 Å². The summed E-state index contributed by atoms with van der Waals surface area (Å²) in [6.07, 6.45) is 0.842. The molecule has 0 aliphatic heterocycles. The summed E-state index contributed by atoms with van der Waals surface area (Å²) in [6, 6.07) is 15.1. The van der Waals surface area contributed by atoms with Crippen molar-refractivity contribution >= 4 is 23.2 Å². The Morgan fingerprint density at radius 2 is 1.50 bits per heavy atom. The van der Waals surface area contributed by atoms with Crippen LogP contribution >= 0.6 is 23.2 Å². The smallest absolute Gasteiger partial charge is 0.0503 e. The quantitative estimate of drug-likeness (QED) is 0.725. The van der Waals surface area contributed by atoms with Gasteiger partial charge >= 0.3 is 0 Å². The molecule has 0 heterocycles. The molecular formula is C14H11Cl2. The van der Waals surface area contributed by atoms with Gasteiger partial charge in [0.1, 0.15) is 0 Å². The first-order valence-electron chi connectivity index (χ1n) is 5.06. The van der Waals surface area contributed by atoms with Crippen molar-refractivity contribution in [2.45, 2.75) is 13.3 Å². The van der Waals surface area contributed by atoms with Crippen LogP contribution in [0.5, 0.6) is 0 Å². The van der Waals surface area contributed by atoms with Gasteiger partial charge in [0, 0.05) is 6.07 Å². The molecule has 0 saturated heterocycles. The standard InChI is InChI=1S/C14H11Cl2/c1-10-2-4-11(5-3-10)6-12-7-13(15)9-14(16)8-12/h2-5,7-8H,6H2,1H3. The lowest BCUT2D eigenvalue weighted by molar-refractivity contribution is 1.19. The molecule has 81 valence electrons. The van der Waals surface area contributed by atoms with Gasteiger partial charge in [0.25, 0.3) is 0 Å². The molecule has 0 saturated carbocycles. The number of rotatable bonds is 2. The van der Waals surface area contributed by atoms with Crippen molar-refractivity contribution in [3.63, 3.8) is 0 Å². The second-order valence-corrected chi connectivity index (χ2v) is 4.66. The minimum Gasteiger partial charge on any atom is -0.0836 e. The largest absolute Gasteiger partial charge is 0.0836 e. The molecule has 0 fully saturated rings. The fraction of sp³-hybridized carbons (Fsp3) is 0.143. The highest BCUT2D eigenvalue weighted by Gasteiger charge is 2.00. The zero-order valence-corrected chi connectivity index (χ0v) is 10.4. The minimum absolute atomic E-state index is 0.564. The maximum atomic E-state index is 5.90. The molecule has 0 aliphatic rings. The molecule has 0 amide bonds. The fourth-order valence-electron chi connectivity index (χ4n) is 1.60. The van der Waals surface area contributed by atoms with Crippen LogP contribution in [-0.4, -0.2) is 0 Å². The molecule has 2 heteroatoms. The van der Waals surface area contributed by atoms with E-state index in [0.717, 1.165) is 12.0 Å². The van der Waals surface area contributed by atoms with E-state index in [1.807, 2.05) is 12.1 Å². The predicted molar refractivity (Wildman–Crippen MR) is 69.3 cm³/mol. The molecule has 1 radical (unpaired) electrons. The Hall–Kier alpha value is -0.980. The molecule has 0 nitrogen and oxygen atoms in total. The van der Waals surface area contributed by atoms with E-state index in [-0.39, 0.29) is 0 Å². The lowest BCUT2D eigenvalue weighted by Gasteiger charge is -2.04. The number of halogens is 2. The zero-order chi connectivity index (χ0) is 11.5. The number of hydrogen-bond acceptors (Lipinski definition) is 0. The zero-order valence-electron chi connectivity index (χ0n) is 8.93. The van der Waals surface area contributed by atoms with Crippen LogP contribution in [0.1, 0.15) is 16.7 Å². The highest BCUT2D eigenvalue weighted by atomic mass is 35.5. The first-order valence-corrected chi connectivity index (χ1v) is 5.82. The van der Waals surface area contributed by atoms with E-state index in [4.69, 9.17) is 23.2 Å². The van der Waals surface area contributed by atoms with E-state index in [1.54, 1.807) is 0 Å². The second-order valence-electron chi connectivity index (χ2n) is 3.85. The molecular weight excluding hydrogens is 239 g/mol. The lowest BCUT2D eigenvalue weighted by Crippen LogP contribution is -1.88. The lowest BCUT2D eigenvalue weighted by atomic mass is 10.0. The summed E-state index contributed by atoms with van der Waals surface area (Å²) in [7, 11) is 0. The number of aryl methyl sites for hydroxylation is 1. The van der Waals surface area contributed by atoms with Gasteiger partial charge in [-0.15, -0.1) is 0 Å². The van der Waals surface area contributed by atoms with Crippen molar-refractivity contribution < 1.29 is 0 Å². The number of benzene rings is 2. The molecule has 0 N–H and O–H groups in total. The van der Waals surface area contributed by atoms with Crippen LogP contribution in [-0.2, 0) is 6.42 Å². The minimum atomic E-state index is 0.564. The van der Waals surface area contributed by atoms with Crippen molar-refractivity contribution in [1.82, 2.24) is 0 Å². The van der Waals surface area contributed by atoms with Crippen molar-refractivity contribution in [1.29, 1.82) is 0 Å². The van der Waals surface area contributed by atoms with Crippen molar-refractivity contribution in [3.05, 3.63) is 69.2 Å². The Balaban J connectivity index is 2.23. The third-order valence-electron chi connectivity index (χ3n) is 2.39. The van der Waals surface area contributed by atoms with E-state index >= 15 is 0 Å². The Morgan fingerprint density at radius 1 is 0.938 bits per heavy atom. The van der Waals surface area contributed by atoms with E-state index in [2.05, 4.69) is 37.3 Å². The molecule has 0 aliphatic carbocycles. The maximum Gasteiger partial charge on any atom is 0.0503 e. The molecule has 0 bridgehead atoms. The van der Waals surface area contributed by atoms with Gasteiger partial charge in [-0.3, -0.25) is 0 Å². The van der Waals surface area contributed by atoms with Gasteiger partial charge in [0.2, 0.25) is 0 Å². The first kappa shape index (κ1) is 11.5. The fourth-order valence-corrected chi connectivity index (χ4v) is 2.13. The maximum absolute atomic E-state index is 5.90. The molecule has 0 aromatic heterocycles. The third-order valence-corrected chi connectivity index (χ3v) is 2.80. The van der Waals surface area contributed by atoms with Gasteiger partial charge in [0.15, 0.2) is 0 Å². The number of hydrogen-bond donors (Lipinski definition) is 0. The summed E-state index contributed by atoms with van der Waals surface area (Å²) in [5.41, 5.74) is 3.63. The van der Waals surface area contributed by atoms with Crippen LogP contribution < -0.4 is 0 Å². The average molecular weight is 250 g/mol. The SMILES string of the molecule is Cc1ccc(Cc2cc(Cl)[c]c(Cl)c2)cc1. The van der Waals surface area contributed by atoms with Crippen molar-refractivity contribution in [2.24, 2.45) is 0 Å². The normalized spacial score (nSPS) is 10.4. The molecule has 2 aromatic carbocycles. The van der Waals surface area contributed by atoms with Crippen molar-refractivity contribution in [3.8, 4) is 0 Å². The Labute approximate surface area is 106 Å². The third kappa shape index (κ3) is 3.01. The van der Waals surface area contributed by atoms with Gasteiger partial charge < -0.3 is 0 Å². The second kappa shape index (κ2) is 4.90. The molecule has 0 unspecified atom stereocenters. The molecule has 0 spiro atoms. The highest BCUT2D eigenvalue weighted by molar-refractivity contribution is 6.34. The van der Waals surface area contributed by atoms with Gasteiger partial charge in [-0.25, -0.2) is 0 Å².